The zero-order valence-electron chi connectivity index (χ0n) is 21.6. The Morgan fingerprint density at radius 2 is 1.89 bits per heavy atom. The first-order valence-corrected chi connectivity index (χ1v) is 12.9. The third-order valence-corrected chi connectivity index (χ3v) is 7.77. The average molecular weight is 525 g/mol. The molecule has 4 rings (SSSR count). The molecule has 1 aliphatic heterocycles. The fourth-order valence-electron chi connectivity index (χ4n) is 5.53. The van der Waals surface area contributed by atoms with Crippen LogP contribution in [0.4, 0.5) is 13.6 Å². The number of benzene rings is 1. The van der Waals surface area contributed by atoms with Crippen LogP contribution >= 0.6 is 0 Å². The van der Waals surface area contributed by atoms with Crippen LogP contribution < -0.4 is 10.9 Å². The molecule has 202 valence electrons. The first kappa shape index (κ1) is 27.4. The molecule has 2 amide bonds. The third-order valence-electron chi connectivity index (χ3n) is 7.77. The molecule has 1 aliphatic carbocycles. The lowest BCUT2D eigenvalue weighted by Crippen LogP contribution is -2.63. The molecule has 0 unspecified atom stereocenters. The van der Waals surface area contributed by atoms with Gasteiger partial charge < -0.3 is 15.3 Å². The first-order chi connectivity index (χ1) is 18.1. The van der Waals surface area contributed by atoms with Gasteiger partial charge >= 0.3 is 6.03 Å². The summed E-state index contributed by atoms with van der Waals surface area (Å²) in [7, 11) is 0. The SMILES string of the molecule is C=C(/C=C\C(F)=C(/C)F)CNC(=O)N1CC[C@@](O)(Cn2cnc(-c3ccccc3)cc2=O)C2(CCCC2)C1. The van der Waals surface area contributed by atoms with Gasteiger partial charge in [0.1, 0.15) is 5.83 Å². The smallest absolute Gasteiger partial charge is 0.317 e. The summed E-state index contributed by atoms with van der Waals surface area (Å²) in [5.41, 5.74) is -0.0919. The number of likely N-dealkylation sites (tertiary alicyclic amines) is 1. The van der Waals surface area contributed by atoms with Crippen LogP contribution in [0.3, 0.4) is 0 Å². The number of amides is 2. The maximum absolute atomic E-state index is 13.3. The van der Waals surface area contributed by atoms with Gasteiger partial charge in [0.25, 0.3) is 5.56 Å². The van der Waals surface area contributed by atoms with Crippen molar-refractivity contribution >= 4 is 6.03 Å². The molecule has 2 aromatic rings. The van der Waals surface area contributed by atoms with E-state index in [2.05, 4.69) is 16.9 Å². The lowest BCUT2D eigenvalue weighted by molar-refractivity contribution is -0.135. The number of urea groups is 1. The summed E-state index contributed by atoms with van der Waals surface area (Å²) in [5, 5.41) is 14.7. The van der Waals surface area contributed by atoms with Crippen LogP contribution in [0.2, 0.25) is 0 Å². The molecule has 9 heteroatoms. The van der Waals surface area contributed by atoms with Gasteiger partial charge in [-0.2, -0.15) is 0 Å². The van der Waals surface area contributed by atoms with Gasteiger partial charge in [-0.3, -0.25) is 9.36 Å². The van der Waals surface area contributed by atoms with Crippen LogP contribution in [0.25, 0.3) is 11.3 Å². The van der Waals surface area contributed by atoms with E-state index in [1.165, 1.54) is 23.0 Å². The number of carbonyl (C=O) groups is 1. The average Bonchev–Trinajstić information content (AvgIpc) is 3.39. The van der Waals surface area contributed by atoms with Crippen LogP contribution in [-0.4, -0.2) is 50.8 Å². The fraction of sp³-hybridized carbons (Fsp3) is 0.414. The van der Waals surface area contributed by atoms with E-state index in [0.29, 0.717) is 30.8 Å². The van der Waals surface area contributed by atoms with Crippen LogP contribution in [0.15, 0.2) is 83.5 Å². The molecule has 1 spiro atoms. The summed E-state index contributed by atoms with van der Waals surface area (Å²) in [6.45, 7) is 5.65. The summed E-state index contributed by atoms with van der Waals surface area (Å²) < 4.78 is 27.7. The summed E-state index contributed by atoms with van der Waals surface area (Å²) in [6.07, 6.45) is 7.48. The van der Waals surface area contributed by atoms with Crippen molar-refractivity contribution in [3.05, 3.63) is 89.0 Å². The Balaban J connectivity index is 1.44. The highest BCUT2D eigenvalue weighted by Crippen LogP contribution is 2.51. The van der Waals surface area contributed by atoms with E-state index < -0.39 is 22.7 Å². The normalized spacial score (nSPS) is 21.5. The van der Waals surface area contributed by atoms with Gasteiger partial charge in [0, 0.05) is 36.7 Å². The number of nitrogens with one attached hydrogen (secondary N) is 1. The van der Waals surface area contributed by atoms with Crippen molar-refractivity contribution in [2.24, 2.45) is 5.41 Å². The fourth-order valence-corrected chi connectivity index (χ4v) is 5.53. The van der Waals surface area contributed by atoms with Crippen molar-refractivity contribution in [2.45, 2.75) is 51.2 Å². The van der Waals surface area contributed by atoms with Crippen LogP contribution in [0.5, 0.6) is 0 Å². The maximum atomic E-state index is 13.3. The van der Waals surface area contributed by atoms with Gasteiger partial charge in [-0.15, -0.1) is 0 Å². The number of nitrogens with zero attached hydrogens (tertiary/aromatic N) is 3. The van der Waals surface area contributed by atoms with Crippen LogP contribution in [-0.2, 0) is 6.54 Å². The molecule has 2 heterocycles. The number of hydrogen-bond donors (Lipinski definition) is 2. The minimum absolute atomic E-state index is 0.0799. The molecule has 0 radical (unpaired) electrons. The molecule has 0 bridgehead atoms. The van der Waals surface area contributed by atoms with E-state index >= 15 is 0 Å². The van der Waals surface area contributed by atoms with E-state index in [9.17, 15) is 23.5 Å². The van der Waals surface area contributed by atoms with Crippen LogP contribution in [0, 0.1) is 5.41 Å². The maximum Gasteiger partial charge on any atom is 0.317 e. The Morgan fingerprint density at radius 1 is 1.18 bits per heavy atom. The molecule has 2 N–H and O–H groups in total. The standard InChI is InChI=1S/C29H34F2N4O3/c1-21(10-11-24(31)22(2)30)17-32-27(37)34-15-14-29(38,28(18-34)12-6-7-13-28)19-35-20-33-25(16-26(35)36)23-8-4-3-5-9-23/h3-5,8-11,16,20,38H,1,6-7,12-15,17-19H2,2H3,(H,32,37)/b11-10-,24-22-/t29-/m1/s1. The van der Waals surface area contributed by atoms with Crippen molar-refractivity contribution in [3.63, 3.8) is 0 Å². The number of carbonyl (C=O) groups excluding carboxylic acids is 1. The Bertz CT molecular complexity index is 1290. The molecular weight excluding hydrogens is 490 g/mol. The molecule has 1 aromatic heterocycles. The number of allylic oxidation sites excluding steroid dienone is 3. The monoisotopic (exact) mass is 524 g/mol. The van der Waals surface area contributed by atoms with Crippen LogP contribution in [0.1, 0.15) is 39.0 Å². The predicted octanol–water partition coefficient (Wildman–Crippen LogP) is 4.90. The van der Waals surface area contributed by atoms with Gasteiger partial charge in [0.15, 0.2) is 5.83 Å². The Labute approximate surface area is 221 Å². The molecule has 1 aromatic carbocycles. The van der Waals surface area contributed by atoms with Crippen molar-refractivity contribution in [3.8, 4) is 11.3 Å². The van der Waals surface area contributed by atoms with Gasteiger partial charge in [-0.05, 0) is 37.8 Å². The molecule has 1 saturated heterocycles. The number of aliphatic hydroxyl groups is 1. The summed E-state index contributed by atoms with van der Waals surface area (Å²) >= 11 is 0. The molecule has 2 fully saturated rings. The second-order valence-corrected chi connectivity index (χ2v) is 10.3. The van der Waals surface area contributed by atoms with E-state index in [4.69, 9.17) is 0 Å². The predicted molar refractivity (Wildman–Crippen MR) is 143 cm³/mol. The van der Waals surface area contributed by atoms with Gasteiger partial charge in [-0.25, -0.2) is 18.6 Å². The van der Waals surface area contributed by atoms with E-state index in [1.54, 1.807) is 4.90 Å². The zero-order chi connectivity index (χ0) is 27.3. The first-order valence-electron chi connectivity index (χ1n) is 12.9. The highest BCUT2D eigenvalue weighted by atomic mass is 19.2. The second-order valence-electron chi connectivity index (χ2n) is 10.3. The van der Waals surface area contributed by atoms with Gasteiger partial charge in [-0.1, -0.05) is 55.8 Å². The van der Waals surface area contributed by atoms with Crippen molar-refractivity contribution in [1.29, 1.82) is 0 Å². The van der Waals surface area contributed by atoms with Gasteiger partial charge in [0.2, 0.25) is 0 Å². The highest BCUT2D eigenvalue weighted by molar-refractivity contribution is 5.74. The number of hydrogen-bond acceptors (Lipinski definition) is 4. The second kappa shape index (κ2) is 11.4. The Hall–Kier alpha value is -3.59. The molecule has 1 atom stereocenters. The number of rotatable bonds is 7. The van der Waals surface area contributed by atoms with E-state index in [-0.39, 0.29) is 24.7 Å². The quantitative estimate of drug-likeness (QED) is 0.505. The number of piperidine rings is 1. The van der Waals surface area contributed by atoms with Crippen molar-refractivity contribution in [1.82, 2.24) is 19.8 Å². The molecule has 7 nitrogen and oxygen atoms in total. The Morgan fingerprint density at radius 3 is 2.55 bits per heavy atom. The lowest BCUT2D eigenvalue weighted by Gasteiger charge is -2.52. The molecule has 1 saturated carbocycles. The summed E-state index contributed by atoms with van der Waals surface area (Å²) in [6, 6.07) is 10.6. The number of halogens is 2. The minimum Gasteiger partial charge on any atom is -0.387 e. The third kappa shape index (κ3) is 5.93. The van der Waals surface area contributed by atoms with E-state index in [1.807, 2.05) is 30.3 Å². The molecule has 2 aliphatic rings. The summed E-state index contributed by atoms with van der Waals surface area (Å²) in [4.78, 5) is 32.0. The highest BCUT2D eigenvalue weighted by Gasteiger charge is 2.55. The molecular formula is C29H34F2N4O3. The van der Waals surface area contributed by atoms with Gasteiger partial charge in [0.05, 0.1) is 24.2 Å². The molecule has 38 heavy (non-hydrogen) atoms. The minimum atomic E-state index is -1.17. The number of aromatic nitrogens is 2. The Kier molecular flexibility index (Phi) is 8.26. The largest absolute Gasteiger partial charge is 0.387 e. The van der Waals surface area contributed by atoms with Crippen molar-refractivity contribution < 1.29 is 18.7 Å². The van der Waals surface area contributed by atoms with Crippen molar-refractivity contribution in [2.75, 3.05) is 19.6 Å². The zero-order valence-corrected chi connectivity index (χ0v) is 21.6. The van der Waals surface area contributed by atoms with E-state index in [0.717, 1.165) is 44.2 Å². The summed E-state index contributed by atoms with van der Waals surface area (Å²) in [5.74, 6) is -1.91. The topological polar surface area (TPSA) is 87.5 Å². The lowest BCUT2D eigenvalue weighted by atomic mass is 9.66.